The van der Waals surface area contributed by atoms with E-state index in [1.54, 1.807) is 13.0 Å². The SMILES string of the molecule is CCOC(=O)c1cccc(CC)c1NN. The molecule has 0 aliphatic rings. The Hall–Kier alpha value is -1.55. The van der Waals surface area contributed by atoms with E-state index in [1.807, 2.05) is 19.1 Å². The number of esters is 1. The second-order valence-corrected chi connectivity index (χ2v) is 3.06. The number of benzene rings is 1. The number of nitrogens with one attached hydrogen (secondary N) is 1. The Kier molecular flexibility index (Phi) is 4.12. The topological polar surface area (TPSA) is 64.3 Å². The molecule has 0 amide bonds. The third kappa shape index (κ3) is 2.47. The molecule has 0 aromatic heterocycles. The first-order valence-corrected chi connectivity index (χ1v) is 5.00. The Bertz CT molecular complexity index is 350. The molecule has 4 heteroatoms. The molecule has 0 spiro atoms. The van der Waals surface area contributed by atoms with Gasteiger partial charge in [-0.25, -0.2) is 4.79 Å². The zero-order chi connectivity index (χ0) is 11.3. The number of hydrogen-bond donors (Lipinski definition) is 2. The molecule has 0 bridgehead atoms. The number of hydrogen-bond acceptors (Lipinski definition) is 4. The number of ether oxygens (including phenoxy) is 1. The van der Waals surface area contributed by atoms with Crippen molar-refractivity contribution < 1.29 is 9.53 Å². The van der Waals surface area contributed by atoms with Crippen LogP contribution in [0.2, 0.25) is 0 Å². The lowest BCUT2D eigenvalue weighted by Crippen LogP contribution is -2.15. The summed E-state index contributed by atoms with van der Waals surface area (Å²) in [6.07, 6.45) is 0.812. The molecule has 1 rings (SSSR count). The minimum Gasteiger partial charge on any atom is -0.462 e. The van der Waals surface area contributed by atoms with Gasteiger partial charge in [-0.1, -0.05) is 19.1 Å². The van der Waals surface area contributed by atoms with Crippen LogP contribution in [0, 0.1) is 0 Å². The van der Waals surface area contributed by atoms with Crippen LogP contribution in [0.3, 0.4) is 0 Å². The number of nitrogens with two attached hydrogens (primary N) is 1. The number of carbonyl (C=O) groups is 1. The molecule has 1 aromatic carbocycles. The highest BCUT2D eigenvalue weighted by molar-refractivity contribution is 5.96. The van der Waals surface area contributed by atoms with E-state index in [0.717, 1.165) is 12.0 Å². The number of aryl methyl sites for hydroxylation is 1. The Morgan fingerprint density at radius 3 is 2.73 bits per heavy atom. The molecular formula is C11H16N2O2. The van der Waals surface area contributed by atoms with Crippen LogP contribution in [0.15, 0.2) is 18.2 Å². The van der Waals surface area contributed by atoms with Crippen molar-refractivity contribution in [2.75, 3.05) is 12.0 Å². The van der Waals surface area contributed by atoms with Gasteiger partial charge in [-0.05, 0) is 25.0 Å². The van der Waals surface area contributed by atoms with E-state index < -0.39 is 0 Å². The highest BCUT2D eigenvalue weighted by Gasteiger charge is 2.13. The van der Waals surface area contributed by atoms with Gasteiger partial charge in [0.05, 0.1) is 17.9 Å². The normalized spacial score (nSPS) is 9.80. The number of hydrazine groups is 1. The molecule has 82 valence electrons. The highest BCUT2D eigenvalue weighted by atomic mass is 16.5. The monoisotopic (exact) mass is 208 g/mol. The van der Waals surface area contributed by atoms with Gasteiger partial charge in [0.2, 0.25) is 0 Å². The molecule has 0 radical (unpaired) electrons. The average Bonchev–Trinajstić information content (AvgIpc) is 2.28. The quantitative estimate of drug-likeness (QED) is 0.449. The van der Waals surface area contributed by atoms with Crippen LogP contribution in [0.1, 0.15) is 29.8 Å². The smallest absolute Gasteiger partial charge is 0.340 e. The van der Waals surface area contributed by atoms with E-state index in [0.29, 0.717) is 17.9 Å². The summed E-state index contributed by atoms with van der Waals surface area (Å²) < 4.78 is 4.94. The lowest BCUT2D eigenvalue weighted by Gasteiger charge is -2.11. The van der Waals surface area contributed by atoms with Crippen molar-refractivity contribution in [2.45, 2.75) is 20.3 Å². The minimum absolute atomic E-state index is 0.347. The molecule has 0 unspecified atom stereocenters. The molecule has 0 saturated heterocycles. The van der Waals surface area contributed by atoms with Crippen LogP contribution in [0.4, 0.5) is 5.69 Å². The standard InChI is InChI=1S/C11H16N2O2/c1-3-8-6-5-7-9(10(8)13-12)11(14)15-4-2/h5-7,13H,3-4,12H2,1-2H3. The summed E-state index contributed by atoms with van der Waals surface area (Å²) in [6.45, 7) is 4.14. The first kappa shape index (κ1) is 11.5. The summed E-state index contributed by atoms with van der Waals surface area (Å²) in [4.78, 5) is 11.6. The molecule has 0 heterocycles. The molecule has 0 saturated carbocycles. The van der Waals surface area contributed by atoms with E-state index in [2.05, 4.69) is 5.43 Å². The van der Waals surface area contributed by atoms with Gasteiger partial charge in [0, 0.05) is 0 Å². The molecule has 15 heavy (non-hydrogen) atoms. The molecule has 0 aliphatic carbocycles. The molecule has 0 atom stereocenters. The van der Waals surface area contributed by atoms with Crippen molar-refractivity contribution in [2.24, 2.45) is 5.84 Å². The van der Waals surface area contributed by atoms with Gasteiger partial charge in [0.15, 0.2) is 0 Å². The van der Waals surface area contributed by atoms with Crippen molar-refractivity contribution in [3.8, 4) is 0 Å². The molecule has 0 fully saturated rings. The third-order valence-electron chi connectivity index (χ3n) is 2.17. The Balaban J connectivity index is 3.11. The fourth-order valence-electron chi connectivity index (χ4n) is 1.44. The van der Waals surface area contributed by atoms with Gasteiger partial charge in [-0.15, -0.1) is 0 Å². The van der Waals surface area contributed by atoms with Crippen LogP contribution in [0.5, 0.6) is 0 Å². The minimum atomic E-state index is -0.347. The second-order valence-electron chi connectivity index (χ2n) is 3.06. The molecular weight excluding hydrogens is 192 g/mol. The maximum atomic E-state index is 11.6. The Morgan fingerprint density at radius 2 is 2.20 bits per heavy atom. The summed E-state index contributed by atoms with van der Waals surface area (Å²) in [7, 11) is 0. The van der Waals surface area contributed by atoms with Crippen LogP contribution in [0.25, 0.3) is 0 Å². The van der Waals surface area contributed by atoms with Crippen LogP contribution >= 0.6 is 0 Å². The number of rotatable bonds is 4. The zero-order valence-corrected chi connectivity index (χ0v) is 9.04. The average molecular weight is 208 g/mol. The van der Waals surface area contributed by atoms with E-state index in [9.17, 15) is 4.79 Å². The fraction of sp³-hybridized carbons (Fsp3) is 0.364. The Labute approximate surface area is 89.4 Å². The van der Waals surface area contributed by atoms with Gasteiger partial charge >= 0.3 is 5.97 Å². The highest BCUT2D eigenvalue weighted by Crippen LogP contribution is 2.21. The maximum absolute atomic E-state index is 11.6. The summed E-state index contributed by atoms with van der Waals surface area (Å²) in [5.41, 5.74) is 4.69. The number of nitrogen functional groups attached to an aromatic ring is 1. The molecule has 4 nitrogen and oxygen atoms in total. The van der Waals surface area contributed by atoms with Gasteiger partial charge in [0.1, 0.15) is 0 Å². The van der Waals surface area contributed by atoms with Crippen LogP contribution in [-0.4, -0.2) is 12.6 Å². The first-order chi connectivity index (χ1) is 7.24. The predicted octanol–water partition coefficient (Wildman–Crippen LogP) is 1.71. The van der Waals surface area contributed by atoms with Gasteiger partial charge in [0.25, 0.3) is 0 Å². The van der Waals surface area contributed by atoms with Crippen molar-refractivity contribution in [1.29, 1.82) is 0 Å². The zero-order valence-electron chi connectivity index (χ0n) is 9.04. The van der Waals surface area contributed by atoms with E-state index >= 15 is 0 Å². The number of anilines is 1. The van der Waals surface area contributed by atoms with E-state index in [4.69, 9.17) is 10.6 Å². The van der Waals surface area contributed by atoms with Crippen LogP contribution in [-0.2, 0) is 11.2 Å². The van der Waals surface area contributed by atoms with Crippen LogP contribution < -0.4 is 11.3 Å². The number of carbonyl (C=O) groups excluding carboxylic acids is 1. The van der Waals surface area contributed by atoms with E-state index in [1.165, 1.54) is 0 Å². The van der Waals surface area contributed by atoms with Gasteiger partial charge in [-0.2, -0.15) is 0 Å². The van der Waals surface area contributed by atoms with E-state index in [-0.39, 0.29) is 5.97 Å². The fourth-order valence-corrected chi connectivity index (χ4v) is 1.44. The summed E-state index contributed by atoms with van der Waals surface area (Å²) in [5, 5.41) is 0. The predicted molar refractivity (Wildman–Crippen MR) is 59.6 cm³/mol. The van der Waals surface area contributed by atoms with Gasteiger partial charge < -0.3 is 10.2 Å². The molecule has 3 N–H and O–H groups in total. The Morgan fingerprint density at radius 1 is 1.47 bits per heavy atom. The van der Waals surface area contributed by atoms with Crippen molar-refractivity contribution in [3.63, 3.8) is 0 Å². The summed E-state index contributed by atoms with van der Waals surface area (Å²) >= 11 is 0. The summed E-state index contributed by atoms with van der Waals surface area (Å²) in [5.74, 6) is 5.06. The largest absolute Gasteiger partial charge is 0.462 e. The first-order valence-electron chi connectivity index (χ1n) is 5.00. The van der Waals surface area contributed by atoms with Crippen molar-refractivity contribution in [1.82, 2.24) is 0 Å². The lowest BCUT2D eigenvalue weighted by atomic mass is 10.1. The molecule has 0 aliphatic heterocycles. The van der Waals surface area contributed by atoms with Crippen molar-refractivity contribution in [3.05, 3.63) is 29.3 Å². The van der Waals surface area contributed by atoms with Gasteiger partial charge in [-0.3, -0.25) is 5.84 Å². The summed E-state index contributed by atoms with van der Waals surface area (Å²) in [6, 6.07) is 5.45. The van der Waals surface area contributed by atoms with Crippen molar-refractivity contribution >= 4 is 11.7 Å². The number of para-hydroxylation sites is 1. The second kappa shape index (κ2) is 5.36. The maximum Gasteiger partial charge on any atom is 0.340 e. The third-order valence-corrected chi connectivity index (χ3v) is 2.17. The lowest BCUT2D eigenvalue weighted by molar-refractivity contribution is 0.0527. The molecule has 1 aromatic rings.